The van der Waals surface area contributed by atoms with Gasteiger partial charge in [-0.1, -0.05) is 0 Å². The van der Waals surface area contributed by atoms with Crippen molar-refractivity contribution in [3.8, 4) is 0 Å². The molecule has 1 aromatic heterocycles. The van der Waals surface area contributed by atoms with E-state index in [0.717, 1.165) is 32.1 Å². The van der Waals surface area contributed by atoms with Gasteiger partial charge in [-0.05, 0) is 37.7 Å². The van der Waals surface area contributed by atoms with E-state index in [0.29, 0.717) is 6.54 Å². The number of amides is 1. The highest BCUT2D eigenvalue weighted by molar-refractivity contribution is 5.81. The average Bonchev–Trinajstić information content (AvgIpc) is 3.06. The first-order chi connectivity index (χ1) is 9.26. The Morgan fingerprint density at radius 3 is 3.21 bits per heavy atom. The van der Waals surface area contributed by atoms with Crippen LogP contribution in [0.5, 0.6) is 0 Å². The van der Waals surface area contributed by atoms with Crippen molar-refractivity contribution in [1.29, 1.82) is 0 Å². The summed E-state index contributed by atoms with van der Waals surface area (Å²) in [5, 5.41) is 10.1. The molecule has 19 heavy (non-hydrogen) atoms. The number of rotatable bonds is 3. The summed E-state index contributed by atoms with van der Waals surface area (Å²) in [6.07, 6.45) is 5.98. The second-order valence-electron chi connectivity index (χ2n) is 5.38. The predicted octanol–water partition coefficient (Wildman–Crippen LogP) is -0.110. The second kappa shape index (κ2) is 5.30. The van der Waals surface area contributed by atoms with E-state index < -0.39 is 0 Å². The fourth-order valence-electron chi connectivity index (χ4n) is 2.91. The minimum absolute atomic E-state index is 0.00731. The number of hydrogen-bond acceptors (Lipinski definition) is 4. The maximum atomic E-state index is 12.1. The van der Waals surface area contributed by atoms with Gasteiger partial charge in [-0.15, -0.1) is 0 Å². The Morgan fingerprint density at radius 2 is 2.42 bits per heavy atom. The van der Waals surface area contributed by atoms with Crippen LogP contribution in [0.25, 0.3) is 0 Å². The van der Waals surface area contributed by atoms with Gasteiger partial charge in [0.1, 0.15) is 6.10 Å². The first-order valence-electron chi connectivity index (χ1n) is 6.93. The number of fused-ring (bicyclic) bond motifs is 1. The van der Waals surface area contributed by atoms with Crippen LogP contribution in [0.3, 0.4) is 0 Å². The third-order valence-electron chi connectivity index (χ3n) is 4.03. The maximum absolute atomic E-state index is 12.1. The van der Waals surface area contributed by atoms with E-state index in [1.165, 1.54) is 11.3 Å². The summed E-state index contributed by atoms with van der Waals surface area (Å²) in [7, 11) is 0. The number of nitrogens with zero attached hydrogens (tertiary/aromatic N) is 1. The van der Waals surface area contributed by atoms with Crippen LogP contribution in [0, 0.1) is 0 Å². The van der Waals surface area contributed by atoms with Crippen LogP contribution in [-0.2, 0) is 22.4 Å². The molecule has 1 unspecified atom stereocenters. The number of nitrogens with one attached hydrogen (secondary N) is 2. The number of carbonyl (C=O) groups is 1. The fourth-order valence-corrected chi connectivity index (χ4v) is 2.91. The van der Waals surface area contributed by atoms with E-state index in [4.69, 9.17) is 10.5 Å². The van der Waals surface area contributed by atoms with E-state index >= 15 is 0 Å². The van der Waals surface area contributed by atoms with E-state index in [-0.39, 0.29) is 24.2 Å². The quantitative estimate of drug-likeness (QED) is 0.710. The maximum Gasteiger partial charge on any atom is 0.249 e. The lowest BCUT2D eigenvalue weighted by atomic mass is 9.93. The summed E-state index contributed by atoms with van der Waals surface area (Å²) in [5.74, 6) is 0.00731. The van der Waals surface area contributed by atoms with Gasteiger partial charge in [-0.2, -0.15) is 5.10 Å². The van der Waals surface area contributed by atoms with Gasteiger partial charge >= 0.3 is 0 Å². The Morgan fingerprint density at radius 1 is 1.53 bits per heavy atom. The molecule has 0 bridgehead atoms. The van der Waals surface area contributed by atoms with Crippen LogP contribution in [0.15, 0.2) is 6.20 Å². The third kappa shape index (κ3) is 2.64. The Bertz CT molecular complexity index is 459. The third-order valence-corrected chi connectivity index (χ3v) is 4.03. The lowest BCUT2D eigenvalue weighted by Crippen LogP contribution is -2.44. The summed E-state index contributed by atoms with van der Waals surface area (Å²) >= 11 is 0. The molecule has 2 aliphatic rings. The monoisotopic (exact) mass is 264 g/mol. The van der Waals surface area contributed by atoms with Crippen LogP contribution in [0.1, 0.15) is 30.5 Å². The van der Waals surface area contributed by atoms with Crippen LogP contribution in [0.4, 0.5) is 0 Å². The molecule has 2 heterocycles. The molecule has 0 spiro atoms. The zero-order chi connectivity index (χ0) is 13.2. The summed E-state index contributed by atoms with van der Waals surface area (Å²) < 4.78 is 5.61. The first-order valence-corrected chi connectivity index (χ1v) is 6.93. The van der Waals surface area contributed by atoms with Gasteiger partial charge in [0.05, 0.1) is 12.3 Å². The normalized spacial score (nSPS) is 30.1. The molecule has 1 aliphatic heterocycles. The standard InChI is InChI=1S/C13H20N4O2/c14-6-10-2-4-12(19-10)13(18)16-9-1-3-11-8(5-9)7-15-17-11/h7,9-10,12H,1-6,14H2,(H,15,17)(H,16,18)/t9?,10-,12+/m1/s1. The number of hydrogen-bond donors (Lipinski definition) is 3. The van der Waals surface area contributed by atoms with Crippen molar-refractivity contribution in [2.45, 2.75) is 50.4 Å². The molecular formula is C13H20N4O2. The summed E-state index contributed by atoms with van der Waals surface area (Å²) in [5.41, 5.74) is 7.97. The lowest BCUT2D eigenvalue weighted by Gasteiger charge is -2.24. The van der Waals surface area contributed by atoms with Crippen molar-refractivity contribution >= 4 is 5.91 Å². The highest BCUT2D eigenvalue weighted by Crippen LogP contribution is 2.21. The van der Waals surface area contributed by atoms with Crippen molar-refractivity contribution < 1.29 is 9.53 Å². The van der Waals surface area contributed by atoms with Gasteiger partial charge in [0, 0.05) is 18.3 Å². The van der Waals surface area contributed by atoms with Crippen LogP contribution in [0.2, 0.25) is 0 Å². The number of H-pyrrole nitrogens is 1. The topological polar surface area (TPSA) is 93.0 Å². The van der Waals surface area contributed by atoms with Crippen molar-refractivity contribution in [3.05, 3.63) is 17.5 Å². The summed E-state index contributed by atoms with van der Waals surface area (Å²) in [6, 6.07) is 0.193. The minimum Gasteiger partial charge on any atom is -0.364 e. The molecule has 1 amide bonds. The van der Waals surface area contributed by atoms with Crippen molar-refractivity contribution in [3.63, 3.8) is 0 Å². The molecule has 0 aromatic carbocycles. The molecular weight excluding hydrogens is 244 g/mol. The van der Waals surface area contributed by atoms with Gasteiger partial charge in [0.25, 0.3) is 0 Å². The predicted molar refractivity (Wildman–Crippen MR) is 69.5 cm³/mol. The molecule has 0 radical (unpaired) electrons. The minimum atomic E-state index is -0.320. The zero-order valence-electron chi connectivity index (χ0n) is 10.9. The van der Waals surface area contributed by atoms with Crippen LogP contribution in [-0.4, -0.2) is 40.9 Å². The van der Waals surface area contributed by atoms with Gasteiger partial charge in [0.2, 0.25) is 5.91 Å². The lowest BCUT2D eigenvalue weighted by molar-refractivity contribution is -0.132. The summed E-state index contributed by atoms with van der Waals surface area (Å²) in [4.78, 5) is 12.1. The van der Waals surface area contributed by atoms with E-state index in [9.17, 15) is 4.79 Å². The Labute approximate surface area is 112 Å². The first kappa shape index (κ1) is 12.6. The molecule has 1 fully saturated rings. The Balaban J connectivity index is 1.54. The van der Waals surface area contributed by atoms with Crippen molar-refractivity contribution in [1.82, 2.24) is 15.5 Å². The number of carbonyl (C=O) groups excluding carboxylic acids is 1. The van der Waals surface area contributed by atoms with Gasteiger partial charge < -0.3 is 15.8 Å². The molecule has 1 saturated heterocycles. The zero-order valence-corrected chi connectivity index (χ0v) is 10.9. The molecule has 6 heteroatoms. The molecule has 1 aliphatic carbocycles. The summed E-state index contributed by atoms with van der Waals surface area (Å²) in [6.45, 7) is 0.492. The number of aromatic nitrogens is 2. The highest BCUT2D eigenvalue weighted by Gasteiger charge is 2.31. The fraction of sp³-hybridized carbons (Fsp3) is 0.692. The van der Waals surface area contributed by atoms with E-state index in [1.807, 2.05) is 6.20 Å². The SMILES string of the molecule is NC[C@H]1CC[C@@H](C(=O)NC2CCc3[nH]ncc3C2)O1. The molecule has 1 aromatic rings. The molecule has 3 atom stereocenters. The van der Waals surface area contributed by atoms with Crippen LogP contribution < -0.4 is 11.1 Å². The van der Waals surface area contributed by atoms with Crippen molar-refractivity contribution in [2.24, 2.45) is 5.73 Å². The molecule has 6 nitrogen and oxygen atoms in total. The molecule has 4 N–H and O–H groups in total. The molecule has 104 valence electrons. The number of aryl methyl sites for hydroxylation is 1. The van der Waals surface area contributed by atoms with Gasteiger partial charge in [0.15, 0.2) is 0 Å². The Kier molecular flexibility index (Phi) is 3.52. The largest absolute Gasteiger partial charge is 0.364 e. The number of ether oxygens (including phenoxy) is 1. The second-order valence-corrected chi connectivity index (χ2v) is 5.38. The van der Waals surface area contributed by atoms with Gasteiger partial charge in [-0.3, -0.25) is 9.89 Å². The van der Waals surface area contributed by atoms with Crippen molar-refractivity contribution in [2.75, 3.05) is 6.54 Å². The van der Waals surface area contributed by atoms with Gasteiger partial charge in [-0.25, -0.2) is 0 Å². The van der Waals surface area contributed by atoms with Crippen LogP contribution >= 0.6 is 0 Å². The average molecular weight is 264 g/mol. The Hall–Kier alpha value is -1.40. The smallest absolute Gasteiger partial charge is 0.249 e. The molecule has 0 saturated carbocycles. The molecule has 3 rings (SSSR count). The van der Waals surface area contributed by atoms with E-state index in [2.05, 4.69) is 15.5 Å². The number of nitrogens with two attached hydrogens (primary N) is 1. The van der Waals surface area contributed by atoms with E-state index in [1.54, 1.807) is 0 Å². The number of aromatic amines is 1. The highest BCUT2D eigenvalue weighted by atomic mass is 16.5.